The van der Waals surface area contributed by atoms with Crippen LogP contribution in [0.1, 0.15) is 32.3 Å². The van der Waals surface area contributed by atoms with Crippen LogP contribution in [0.3, 0.4) is 0 Å². The minimum atomic E-state index is -0.000836. The predicted octanol–water partition coefficient (Wildman–Crippen LogP) is 2.94. The predicted molar refractivity (Wildman–Crippen MR) is 76.9 cm³/mol. The fourth-order valence-corrected chi connectivity index (χ4v) is 2.74. The van der Waals surface area contributed by atoms with Crippen molar-refractivity contribution in [3.63, 3.8) is 0 Å². The minimum Gasteiger partial charge on any atom is -0.396 e. The summed E-state index contributed by atoms with van der Waals surface area (Å²) in [5.74, 6) is 0. The van der Waals surface area contributed by atoms with Crippen LogP contribution in [-0.4, -0.2) is 22.2 Å². The van der Waals surface area contributed by atoms with Crippen LogP contribution in [0.25, 0.3) is 10.2 Å². The van der Waals surface area contributed by atoms with Crippen LogP contribution in [0, 0.1) is 0 Å². The maximum Gasteiger partial charge on any atom is 0.0809 e. The van der Waals surface area contributed by atoms with E-state index in [1.807, 2.05) is 12.3 Å². The molecule has 2 rings (SSSR count). The van der Waals surface area contributed by atoms with E-state index < -0.39 is 0 Å². The van der Waals surface area contributed by atoms with Crippen molar-refractivity contribution in [1.29, 1.82) is 0 Å². The van der Waals surface area contributed by atoms with Gasteiger partial charge in [0.1, 0.15) is 0 Å². The Morgan fingerprint density at radius 1 is 1.50 bits per heavy atom. The highest BCUT2D eigenvalue weighted by Gasteiger charge is 2.20. The van der Waals surface area contributed by atoms with Gasteiger partial charge in [0.05, 0.1) is 10.2 Å². The molecule has 0 bridgehead atoms. The van der Waals surface area contributed by atoms with Crippen molar-refractivity contribution in [2.75, 3.05) is 6.61 Å². The maximum absolute atomic E-state index is 9.09. The fraction of sp³-hybridized carbons (Fsp3) is 0.500. The first-order valence-corrected chi connectivity index (χ1v) is 7.23. The molecule has 2 aromatic rings. The molecule has 0 aliphatic rings. The summed E-state index contributed by atoms with van der Waals surface area (Å²) >= 11 is 1.72. The Morgan fingerprint density at radius 2 is 2.33 bits per heavy atom. The molecule has 0 radical (unpaired) electrons. The number of nitrogens with one attached hydrogen (secondary N) is 1. The Morgan fingerprint density at radius 3 is 3.06 bits per heavy atom. The standard InChI is InChI=1S/C14H20N2OS/c1-3-14(2,5-6-17)16-10-11-8-13-12(15-9-11)4-7-18-13/h4,7-9,16-17H,3,5-6,10H2,1-2H3. The van der Waals surface area contributed by atoms with E-state index in [2.05, 4.69) is 35.6 Å². The number of hydrogen-bond donors (Lipinski definition) is 2. The van der Waals surface area contributed by atoms with Gasteiger partial charge in [-0.1, -0.05) is 6.92 Å². The van der Waals surface area contributed by atoms with Gasteiger partial charge >= 0.3 is 0 Å². The molecule has 4 heteroatoms. The molecule has 3 nitrogen and oxygen atoms in total. The second-order valence-electron chi connectivity index (χ2n) is 4.89. The molecule has 1 unspecified atom stereocenters. The minimum absolute atomic E-state index is 0.000836. The van der Waals surface area contributed by atoms with Crippen LogP contribution in [0.2, 0.25) is 0 Å². The molecule has 2 aromatic heterocycles. The number of pyridine rings is 1. The van der Waals surface area contributed by atoms with E-state index in [-0.39, 0.29) is 12.1 Å². The number of hydrogen-bond acceptors (Lipinski definition) is 4. The van der Waals surface area contributed by atoms with Crippen LogP contribution in [-0.2, 0) is 6.54 Å². The van der Waals surface area contributed by atoms with E-state index in [1.165, 1.54) is 10.3 Å². The number of aromatic nitrogens is 1. The molecule has 0 fully saturated rings. The molecule has 2 N–H and O–H groups in total. The number of nitrogens with zero attached hydrogens (tertiary/aromatic N) is 1. The van der Waals surface area contributed by atoms with E-state index >= 15 is 0 Å². The average Bonchev–Trinajstić information content (AvgIpc) is 2.84. The Labute approximate surface area is 112 Å². The summed E-state index contributed by atoms with van der Waals surface area (Å²) in [6.07, 6.45) is 3.71. The molecule has 2 heterocycles. The number of aliphatic hydroxyl groups is 1. The van der Waals surface area contributed by atoms with Gasteiger partial charge in [0, 0.05) is 24.9 Å². The Hall–Kier alpha value is -0.970. The molecule has 0 aliphatic heterocycles. The third-order valence-electron chi connectivity index (χ3n) is 3.52. The molecule has 0 amide bonds. The smallest absolute Gasteiger partial charge is 0.0809 e. The quantitative estimate of drug-likeness (QED) is 0.843. The number of rotatable bonds is 6. The zero-order valence-electron chi connectivity index (χ0n) is 10.9. The largest absolute Gasteiger partial charge is 0.396 e. The lowest BCUT2D eigenvalue weighted by Gasteiger charge is -2.29. The summed E-state index contributed by atoms with van der Waals surface area (Å²) in [6.45, 7) is 5.31. The molecule has 1 atom stereocenters. The van der Waals surface area contributed by atoms with Gasteiger partial charge in [-0.25, -0.2) is 0 Å². The molecule has 0 saturated heterocycles. The van der Waals surface area contributed by atoms with Gasteiger partial charge in [-0.3, -0.25) is 4.98 Å². The van der Waals surface area contributed by atoms with Crippen molar-refractivity contribution in [2.45, 2.75) is 38.8 Å². The van der Waals surface area contributed by atoms with Crippen molar-refractivity contribution >= 4 is 21.6 Å². The fourth-order valence-electron chi connectivity index (χ4n) is 1.94. The SMILES string of the molecule is CCC(C)(CCO)NCc1cnc2ccsc2c1. The van der Waals surface area contributed by atoms with E-state index in [0.717, 1.165) is 24.9 Å². The highest BCUT2D eigenvalue weighted by Crippen LogP contribution is 2.20. The van der Waals surface area contributed by atoms with Crippen LogP contribution >= 0.6 is 11.3 Å². The van der Waals surface area contributed by atoms with Crippen LogP contribution in [0.4, 0.5) is 0 Å². The average molecular weight is 264 g/mol. The summed E-state index contributed by atoms with van der Waals surface area (Å²) in [6, 6.07) is 4.23. The van der Waals surface area contributed by atoms with Gasteiger partial charge in [-0.05, 0) is 42.8 Å². The highest BCUT2D eigenvalue weighted by molar-refractivity contribution is 7.17. The zero-order chi connectivity index (χ0) is 13.0. The highest BCUT2D eigenvalue weighted by atomic mass is 32.1. The number of thiophene rings is 1. The third-order valence-corrected chi connectivity index (χ3v) is 4.38. The lowest BCUT2D eigenvalue weighted by atomic mass is 9.94. The molecular weight excluding hydrogens is 244 g/mol. The van der Waals surface area contributed by atoms with E-state index in [1.54, 1.807) is 11.3 Å². The molecule has 18 heavy (non-hydrogen) atoms. The van der Waals surface area contributed by atoms with E-state index in [9.17, 15) is 0 Å². The van der Waals surface area contributed by atoms with Crippen LogP contribution in [0.15, 0.2) is 23.7 Å². The topological polar surface area (TPSA) is 45.1 Å². The second-order valence-corrected chi connectivity index (χ2v) is 5.84. The first-order valence-electron chi connectivity index (χ1n) is 6.35. The van der Waals surface area contributed by atoms with Crippen molar-refractivity contribution in [2.24, 2.45) is 0 Å². The van der Waals surface area contributed by atoms with E-state index in [0.29, 0.717) is 0 Å². The Balaban J connectivity index is 2.04. The summed E-state index contributed by atoms with van der Waals surface area (Å²) in [5, 5.41) is 14.7. The van der Waals surface area contributed by atoms with Gasteiger partial charge in [-0.15, -0.1) is 11.3 Å². The van der Waals surface area contributed by atoms with Crippen molar-refractivity contribution in [1.82, 2.24) is 10.3 Å². The van der Waals surface area contributed by atoms with Crippen molar-refractivity contribution in [3.8, 4) is 0 Å². The van der Waals surface area contributed by atoms with Crippen LogP contribution in [0.5, 0.6) is 0 Å². The molecule has 0 saturated carbocycles. The van der Waals surface area contributed by atoms with Gasteiger partial charge in [0.15, 0.2) is 0 Å². The van der Waals surface area contributed by atoms with Gasteiger partial charge in [-0.2, -0.15) is 0 Å². The summed E-state index contributed by atoms with van der Waals surface area (Å²) < 4.78 is 1.23. The lowest BCUT2D eigenvalue weighted by Crippen LogP contribution is -2.42. The van der Waals surface area contributed by atoms with Gasteiger partial charge in [0.25, 0.3) is 0 Å². The van der Waals surface area contributed by atoms with Crippen LogP contribution < -0.4 is 5.32 Å². The lowest BCUT2D eigenvalue weighted by molar-refractivity contribution is 0.214. The summed E-state index contributed by atoms with van der Waals surface area (Å²) in [5.41, 5.74) is 2.26. The zero-order valence-corrected chi connectivity index (χ0v) is 11.8. The summed E-state index contributed by atoms with van der Waals surface area (Å²) in [4.78, 5) is 4.43. The van der Waals surface area contributed by atoms with Crippen molar-refractivity contribution in [3.05, 3.63) is 29.3 Å². The van der Waals surface area contributed by atoms with Gasteiger partial charge in [0.2, 0.25) is 0 Å². The molecule has 0 spiro atoms. The second kappa shape index (κ2) is 5.78. The number of aliphatic hydroxyl groups excluding tert-OH is 1. The first kappa shape index (κ1) is 13.5. The first-order chi connectivity index (χ1) is 8.67. The third kappa shape index (κ3) is 3.07. The van der Waals surface area contributed by atoms with Crippen molar-refractivity contribution < 1.29 is 5.11 Å². The monoisotopic (exact) mass is 264 g/mol. The normalized spacial score (nSPS) is 14.8. The molecule has 0 aromatic carbocycles. The number of fused-ring (bicyclic) bond motifs is 1. The maximum atomic E-state index is 9.09. The Bertz CT molecular complexity index is 511. The summed E-state index contributed by atoms with van der Waals surface area (Å²) in [7, 11) is 0. The molecular formula is C14H20N2OS. The molecule has 0 aliphatic carbocycles. The molecule has 98 valence electrons. The van der Waals surface area contributed by atoms with E-state index in [4.69, 9.17) is 5.11 Å². The van der Waals surface area contributed by atoms with Gasteiger partial charge < -0.3 is 10.4 Å². The Kier molecular flexibility index (Phi) is 4.32.